The number of nitrogens with one attached hydrogen (secondary N) is 1. The molecule has 0 bridgehead atoms. The number of rotatable bonds is 5. The summed E-state index contributed by atoms with van der Waals surface area (Å²) < 4.78 is 0. The molecular formula is C8H19NO2. The van der Waals surface area contributed by atoms with E-state index in [0.717, 1.165) is 6.42 Å². The van der Waals surface area contributed by atoms with Crippen LogP contribution in [0.25, 0.3) is 0 Å². The van der Waals surface area contributed by atoms with Gasteiger partial charge >= 0.3 is 0 Å². The first-order valence-corrected chi connectivity index (χ1v) is 4.13. The molecule has 0 fully saturated rings. The molecule has 3 heteroatoms. The van der Waals surface area contributed by atoms with Crippen LogP contribution < -0.4 is 5.32 Å². The van der Waals surface area contributed by atoms with Crippen molar-refractivity contribution in [3.05, 3.63) is 0 Å². The van der Waals surface area contributed by atoms with Crippen LogP contribution in [0.3, 0.4) is 0 Å². The van der Waals surface area contributed by atoms with E-state index in [4.69, 9.17) is 5.11 Å². The molecule has 0 radical (unpaired) electrons. The van der Waals surface area contributed by atoms with Gasteiger partial charge < -0.3 is 15.5 Å². The molecule has 0 aliphatic heterocycles. The van der Waals surface area contributed by atoms with Crippen molar-refractivity contribution >= 4 is 0 Å². The average Bonchev–Trinajstić information content (AvgIpc) is 2.05. The van der Waals surface area contributed by atoms with Crippen molar-refractivity contribution in [1.82, 2.24) is 5.32 Å². The smallest absolute Gasteiger partial charge is 0.0740 e. The molecule has 0 aliphatic carbocycles. The third-order valence-corrected chi connectivity index (χ3v) is 2.21. The number of aliphatic hydroxyl groups is 2. The Hall–Kier alpha value is -0.120. The molecule has 3 atom stereocenters. The summed E-state index contributed by atoms with van der Waals surface area (Å²) in [6, 6.07) is -0.190. The summed E-state index contributed by atoms with van der Waals surface area (Å²) in [7, 11) is 1.74. The van der Waals surface area contributed by atoms with Gasteiger partial charge in [-0.3, -0.25) is 0 Å². The molecule has 0 saturated carbocycles. The molecule has 0 rings (SSSR count). The predicted molar refractivity (Wildman–Crippen MR) is 45.4 cm³/mol. The first-order valence-electron chi connectivity index (χ1n) is 4.13. The fourth-order valence-electron chi connectivity index (χ4n) is 1.01. The minimum absolute atomic E-state index is 0.0119. The van der Waals surface area contributed by atoms with Gasteiger partial charge in [0.1, 0.15) is 0 Å². The second-order valence-corrected chi connectivity index (χ2v) is 2.95. The summed E-state index contributed by atoms with van der Waals surface area (Å²) in [4.78, 5) is 0. The van der Waals surface area contributed by atoms with Gasteiger partial charge in [0.05, 0.1) is 18.8 Å². The minimum Gasteiger partial charge on any atom is -0.395 e. The molecule has 68 valence electrons. The Morgan fingerprint density at radius 1 is 1.45 bits per heavy atom. The predicted octanol–water partition coefficient (Wildman–Crippen LogP) is -0.0263. The van der Waals surface area contributed by atoms with Gasteiger partial charge in [-0.1, -0.05) is 20.3 Å². The molecule has 0 aromatic heterocycles. The maximum absolute atomic E-state index is 9.55. The van der Waals surface area contributed by atoms with Crippen molar-refractivity contribution in [2.75, 3.05) is 13.7 Å². The van der Waals surface area contributed by atoms with E-state index in [-0.39, 0.29) is 18.6 Å². The molecule has 0 saturated heterocycles. The first-order chi connectivity index (χ1) is 5.17. The lowest BCUT2D eigenvalue weighted by atomic mass is 9.96. The molecule has 0 aromatic rings. The van der Waals surface area contributed by atoms with Gasteiger partial charge in [-0.05, 0) is 13.0 Å². The second-order valence-electron chi connectivity index (χ2n) is 2.95. The van der Waals surface area contributed by atoms with Crippen molar-refractivity contribution in [1.29, 1.82) is 0 Å². The highest BCUT2D eigenvalue weighted by molar-refractivity contribution is 4.76. The maximum atomic E-state index is 9.55. The van der Waals surface area contributed by atoms with Crippen molar-refractivity contribution in [3.8, 4) is 0 Å². The van der Waals surface area contributed by atoms with Gasteiger partial charge in [0, 0.05) is 0 Å². The standard InChI is InChI=1S/C8H19NO2/c1-4-6(2)8(11)7(5-10)9-3/h6-11H,4-5H2,1-3H3. The van der Waals surface area contributed by atoms with E-state index in [1.54, 1.807) is 7.05 Å². The van der Waals surface area contributed by atoms with E-state index >= 15 is 0 Å². The third-order valence-electron chi connectivity index (χ3n) is 2.21. The summed E-state index contributed by atoms with van der Waals surface area (Å²) in [6.45, 7) is 3.99. The minimum atomic E-state index is -0.449. The molecule has 3 N–H and O–H groups in total. The van der Waals surface area contributed by atoms with Crippen LogP contribution in [-0.2, 0) is 0 Å². The Morgan fingerprint density at radius 3 is 2.27 bits per heavy atom. The number of likely N-dealkylation sites (N-methyl/N-ethyl adjacent to an activating group) is 1. The topological polar surface area (TPSA) is 52.5 Å². The second kappa shape index (κ2) is 5.52. The van der Waals surface area contributed by atoms with Crippen molar-refractivity contribution in [3.63, 3.8) is 0 Å². The summed E-state index contributed by atoms with van der Waals surface area (Å²) >= 11 is 0. The Kier molecular flexibility index (Phi) is 5.46. The lowest BCUT2D eigenvalue weighted by molar-refractivity contribution is 0.0516. The highest BCUT2D eigenvalue weighted by Gasteiger charge is 2.20. The van der Waals surface area contributed by atoms with E-state index in [1.165, 1.54) is 0 Å². The Morgan fingerprint density at radius 2 is 2.00 bits per heavy atom. The molecule has 0 spiro atoms. The largest absolute Gasteiger partial charge is 0.395 e. The SMILES string of the molecule is CCC(C)C(O)C(CO)NC. The summed E-state index contributed by atoms with van der Waals surface area (Å²) in [5.41, 5.74) is 0. The van der Waals surface area contributed by atoms with E-state index in [2.05, 4.69) is 5.32 Å². The zero-order chi connectivity index (χ0) is 8.85. The Bertz CT molecular complexity index is 94.1. The highest BCUT2D eigenvalue weighted by atomic mass is 16.3. The molecule has 3 nitrogen and oxygen atoms in total. The number of hydrogen-bond donors (Lipinski definition) is 3. The maximum Gasteiger partial charge on any atom is 0.0740 e. The molecule has 11 heavy (non-hydrogen) atoms. The van der Waals surface area contributed by atoms with Crippen LogP contribution in [0.4, 0.5) is 0 Å². The molecule has 0 aliphatic rings. The fraction of sp³-hybridized carbons (Fsp3) is 1.00. The zero-order valence-electron chi connectivity index (χ0n) is 7.54. The van der Waals surface area contributed by atoms with Crippen molar-refractivity contribution in [2.45, 2.75) is 32.4 Å². The first kappa shape index (κ1) is 10.9. The van der Waals surface area contributed by atoms with Gasteiger partial charge in [-0.25, -0.2) is 0 Å². The summed E-state index contributed by atoms with van der Waals surface area (Å²) in [6.07, 6.45) is 0.481. The van der Waals surface area contributed by atoms with E-state index in [0.29, 0.717) is 0 Å². The van der Waals surface area contributed by atoms with Gasteiger partial charge in [0.2, 0.25) is 0 Å². The summed E-state index contributed by atoms with van der Waals surface area (Å²) in [5, 5.41) is 21.2. The van der Waals surface area contributed by atoms with Gasteiger partial charge in [0.15, 0.2) is 0 Å². The van der Waals surface area contributed by atoms with Gasteiger partial charge in [-0.15, -0.1) is 0 Å². The van der Waals surface area contributed by atoms with Crippen molar-refractivity contribution in [2.24, 2.45) is 5.92 Å². The van der Waals surface area contributed by atoms with Crippen molar-refractivity contribution < 1.29 is 10.2 Å². The van der Waals surface area contributed by atoms with Gasteiger partial charge in [0.25, 0.3) is 0 Å². The van der Waals surface area contributed by atoms with Crippen LogP contribution in [0.15, 0.2) is 0 Å². The number of aliphatic hydroxyl groups excluding tert-OH is 2. The van der Waals surface area contributed by atoms with Crippen LogP contribution >= 0.6 is 0 Å². The Balaban J connectivity index is 3.86. The van der Waals surface area contributed by atoms with Crippen LogP contribution in [0, 0.1) is 5.92 Å². The lowest BCUT2D eigenvalue weighted by Gasteiger charge is -2.24. The molecule has 3 unspecified atom stereocenters. The number of hydrogen-bond acceptors (Lipinski definition) is 3. The van der Waals surface area contributed by atoms with Crippen LogP contribution in [0.1, 0.15) is 20.3 Å². The fourth-order valence-corrected chi connectivity index (χ4v) is 1.01. The molecule has 0 amide bonds. The molecule has 0 aromatic carbocycles. The molecular weight excluding hydrogens is 142 g/mol. The Labute approximate surface area is 68.4 Å². The molecule has 0 heterocycles. The highest BCUT2D eigenvalue weighted by Crippen LogP contribution is 2.10. The van der Waals surface area contributed by atoms with E-state index in [9.17, 15) is 5.11 Å². The lowest BCUT2D eigenvalue weighted by Crippen LogP contribution is -2.43. The van der Waals surface area contributed by atoms with E-state index < -0.39 is 6.10 Å². The third kappa shape index (κ3) is 3.18. The quantitative estimate of drug-likeness (QED) is 0.531. The van der Waals surface area contributed by atoms with Crippen LogP contribution in [0.5, 0.6) is 0 Å². The normalized spacial score (nSPS) is 19.4. The summed E-state index contributed by atoms with van der Waals surface area (Å²) in [5.74, 6) is 0.236. The van der Waals surface area contributed by atoms with Crippen LogP contribution in [-0.4, -0.2) is 36.0 Å². The van der Waals surface area contributed by atoms with Gasteiger partial charge in [-0.2, -0.15) is 0 Å². The average molecular weight is 161 g/mol. The van der Waals surface area contributed by atoms with Crippen LogP contribution in [0.2, 0.25) is 0 Å². The zero-order valence-corrected chi connectivity index (χ0v) is 7.54. The van der Waals surface area contributed by atoms with E-state index in [1.807, 2.05) is 13.8 Å². The monoisotopic (exact) mass is 161 g/mol.